The second-order valence-corrected chi connectivity index (χ2v) is 7.35. The van der Waals surface area contributed by atoms with E-state index >= 15 is 0 Å². The summed E-state index contributed by atoms with van der Waals surface area (Å²) in [5.74, 6) is -0.442. The fraction of sp³-hybridized carbons (Fsp3) is 0.923. The van der Waals surface area contributed by atoms with Crippen LogP contribution in [0.4, 0.5) is 0 Å². The smallest absolute Gasteiger partial charge is 0.324 e. The molecular weight excluding hydrogens is 280 g/mol. The van der Waals surface area contributed by atoms with E-state index in [0.29, 0.717) is 26.1 Å². The number of carbonyl (C=O) groups is 1. The molecular formula is C13H24N2O4S. The van der Waals surface area contributed by atoms with Crippen molar-refractivity contribution >= 4 is 16.2 Å². The van der Waals surface area contributed by atoms with E-state index in [1.165, 1.54) is 11.4 Å². The molecule has 6 nitrogen and oxygen atoms in total. The van der Waals surface area contributed by atoms with E-state index in [1.54, 1.807) is 4.31 Å². The highest BCUT2D eigenvalue weighted by Gasteiger charge is 2.40. The summed E-state index contributed by atoms with van der Waals surface area (Å²) in [4.78, 5) is 11.8. The van der Waals surface area contributed by atoms with Gasteiger partial charge in [0, 0.05) is 19.6 Å². The zero-order chi connectivity index (χ0) is 14.6. The van der Waals surface area contributed by atoms with Gasteiger partial charge < -0.3 is 4.74 Å². The Balaban J connectivity index is 2.18. The Hall–Kier alpha value is -0.660. The molecule has 2 aliphatic heterocycles. The number of piperidine rings is 1. The van der Waals surface area contributed by atoms with Gasteiger partial charge in [0.15, 0.2) is 0 Å². The third-order valence-corrected chi connectivity index (χ3v) is 6.16. The lowest BCUT2D eigenvalue weighted by molar-refractivity contribution is -0.146. The second kappa shape index (κ2) is 6.87. The van der Waals surface area contributed by atoms with Gasteiger partial charge in [0.25, 0.3) is 10.2 Å². The Labute approximate surface area is 121 Å². The second-order valence-electron chi connectivity index (χ2n) is 5.47. The van der Waals surface area contributed by atoms with Gasteiger partial charge in [0.1, 0.15) is 6.04 Å². The summed E-state index contributed by atoms with van der Waals surface area (Å²) in [5.41, 5.74) is 0. The number of esters is 1. The van der Waals surface area contributed by atoms with E-state index in [-0.39, 0.29) is 0 Å². The lowest BCUT2D eigenvalue weighted by Gasteiger charge is -2.36. The number of hydrogen-bond acceptors (Lipinski definition) is 4. The molecule has 20 heavy (non-hydrogen) atoms. The zero-order valence-electron chi connectivity index (χ0n) is 12.1. The average molecular weight is 304 g/mol. The van der Waals surface area contributed by atoms with Crippen LogP contribution in [0.3, 0.4) is 0 Å². The van der Waals surface area contributed by atoms with Crippen LogP contribution in [-0.2, 0) is 19.7 Å². The van der Waals surface area contributed by atoms with Crippen LogP contribution < -0.4 is 0 Å². The average Bonchev–Trinajstić information content (AvgIpc) is 2.76. The molecule has 2 fully saturated rings. The number of carbonyl (C=O) groups excluding carboxylic acids is 1. The third-order valence-electron chi connectivity index (χ3n) is 4.11. The Morgan fingerprint density at radius 3 is 2.20 bits per heavy atom. The molecule has 2 aliphatic rings. The normalized spacial score (nSPS) is 26.9. The molecule has 0 N–H and O–H groups in total. The number of nitrogens with zero attached hydrogens (tertiary/aromatic N) is 2. The van der Waals surface area contributed by atoms with E-state index in [2.05, 4.69) is 0 Å². The Morgan fingerprint density at radius 2 is 1.60 bits per heavy atom. The maximum Gasteiger partial charge on any atom is 0.324 e. The Bertz CT molecular complexity index is 430. The summed E-state index contributed by atoms with van der Waals surface area (Å²) < 4.78 is 33.2. The molecule has 0 amide bonds. The molecule has 1 atom stereocenters. The molecule has 0 saturated carbocycles. The fourth-order valence-electron chi connectivity index (χ4n) is 2.97. The van der Waals surface area contributed by atoms with E-state index < -0.39 is 22.2 Å². The largest absolute Gasteiger partial charge is 0.468 e. The minimum absolute atomic E-state index is 0.415. The van der Waals surface area contributed by atoms with Crippen LogP contribution in [0.15, 0.2) is 0 Å². The van der Waals surface area contributed by atoms with Crippen molar-refractivity contribution in [1.29, 1.82) is 0 Å². The highest BCUT2D eigenvalue weighted by Crippen LogP contribution is 2.25. The van der Waals surface area contributed by atoms with Crippen LogP contribution in [0.25, 0.3) is 0 Å². The van der Waals surface area contributed by atoms with Crippen molar-refractivity contribution in [2.45, 2.75) is 51.0 Å². The first-order valence-corrected chi connectivity index (χ1v) is 8.82. The predicted octanol–water partition coefficient (Wildman–Crippen LogP) is 1.13. The lowest BCUT2D eigenvalue weighted by atomic mass is 10.1. The van der Waals surface area contributed by atoms with Crippen LogP contribution in [0.2, 0.25) is 0 Å². The van der Waals surface area contributed by atoms with Gasteiger partial charge in [-0.3, -0.25) is 4.79 Å². The number of ether oxygens (including phenoxy) is 1. The summed E-state index contributed by atoms with van der Waals surface area (Å²) in [6.45, 7) is 1.54. The van der Waals surface area contributed by atoms with Gasteiger partial charge in [-0.1, -0.05) is 12.8 Å². The standard InChI is InChI=1S/C13H24N2O4S/c1-19-13(16)12-8-4-7-11-15(12)20(17,18)14-9-5-2-3-6-10-14/h12H,2-11H2,1H3. The van der Waals surface area contributed by atoms with Gasteiger partial charge in [0.05, 0.1) is 7.11 Å². The highest BCUT2D eigenvalue weighted by molar-refractivity contribution is 7.86. The van der Waals surface area contributed by atoms with Gasteiger partial charge in [-0.25, -0.2) is 0 Å². The van der Waals surface area contributed by atoms with Gasteiger partial charge in [0.2, 0.25) is 0 Å². The van der Waals surface area contributed by atoms with Gasteiger partial charge >= 0.3 is 5.97 Å². The number of rotatable bonds is 3. The molecule has 2 saturated heterocycles. The maximum atomic E-state index is 12.8. The quantitative estimate of drug-likeness (QED) is 0.733. The molecule has 0 aromatic carbocycles. The topological polar surface area (TPSA) is 66.9 Å². The van der Waals surface area contributed by atoms with E-state index in [1.807, 2.05) is 0 Å². The van der Waals surface area contributed by atoms with Crippen LogP contribution in [0.1, 0.15) is 44.9 Å². The van der Waals surface area contributed by atoms with E-state index in [4.69, 9.17) is 4.74 Å². The molecule has 0 aromatic rings. The van der Waals surface area contributed by atoms with Gasteiger partial charge in [-0.15, -0.1) is 0 Å². The lowest BCUT2D eigenvalue weighted by Crippen LogP contribution is -2.53. The van der Waals surface area contributed by atoms with Crippen LogP contribution in [0.5, 0.6) is 0 Å². The van der Waals surface area contributed by atoms with Crippen molar-refractivity contribution in [2.24, 2.45) is 0 Å². The van der Waals surface area contributed by atoms with Crippen LogP contribution in [-0.4, -0.2) is 55.8 Å². The Kier molecular flexibility index (Phi) is 5.40. The Morgan fingerprint density at radius 1 is 1.00 bits per heavy atom. The predicted molar refractivity (Wildman–Crippen MR) is 75.3 cm³/mol. The van der Waals surface area contributed by atoms with Crippen molar-refractivity contribution in [3.05, 3.63) is 0 Å². The first-order valence-electron chi connectivity index (χ1n) is 7.42. The SMILES string of the molecule is COC(=O)C1CCCCN1S(=O)(=O)N1CCCCCC1. The molecule has 1 unspecified atom stereocenters. The first-order chi connectivity index (χ1) is 9.57. The minimum atomic E-state index is -3.55. The molecule has 0 spiro atoms. The summed E-state index contributed by atoms with van der Waals surface area (Å²) in [7, 11) is -2.23. The van der Waals surface area contributed by atoms with Crippen molar-refractivity contribution < 1.29 is 17.9 Å². The molecule has 7 heteroatoms. The van der Waals surface area contributed by atoms with Crippen molar-refractivity contribution in [3.8, 4) is 0 Å². The summed E-state index contributed by atoms with van der Waals surface area (Å²) in [5, 5.41) is 0. The van der Waals surface area contributed by atoms with E-state index in [9.17, 15) is 13.2 Å². The van der Waals surface area contributed by atoms with Crippen molar-refractivity contribution in [1.82, 2.24) is 8.61 Å². The summed E-state index contributed by atoms with van der Waals surface area (Å²) in [6.07, 6.45) is 6.18. The van der Waals surface area contributed by atoms with E-state index in [0.717, 1.165) is 38.5 Å². The molecule has 0 radical (unpaired) electrons. The summed E-state index contributed by atoms with van der Waals surface area (Å²) >= 11 is 0. The van der Waals surface area contributed by atoms with Crippen molar-refractivity contribution in [2.75, 3.05) is 26.7 Å². The van der Waals surface area contributed by atoms with Crippen LogP contribution >= 0.6 is 0 Å². The number of methoxy groups -OCH3 is 1. The monoisotopic (exact) mass is 304 g/mol. The van der Waals surface area contributed by atoms with Crippen molar-refractivity contribution in [3.63, 3.8) is 0 Å². The maximum absolute atomic E-state index is 12.8. The fourth-order valence-corrected chi connectivity index (χ4v) is 4.86. The molecule has 116 valence electrons. The molecule has 2 heterocycles. The number of hydrogen-bond donors (Lipinski definition) is 0. The zero-order valence-corrected chi connectivity index (χ0v) is 12.9. The third kappa shape index (κ3) is 3.32. The molecule has 0 aliphatic carbocycles. The van der Waals surface area contributed by atoms with Gasteiger partial charge in [-0.2, -0.15) is 17.0 Å². The highest BCUT2D eigenvalue weighted by atomic mass is 32.2. The van der Waals surface area contributed by atoms with Gasteiger partial charge in [-0.05, 0) is 32.1 Å². The molecule has 0 aromatic heterocycles. The first kappa shape index (κ1) is 15.7. The summed E-state index contributed by atoms with van der Waals surface area (Å²) in [6, 6.07) is -0.651. The van der Waals surface area contributed by atoms with Crippen LogP contribution in [0, 0.1) is 0 Å². The molecule has 2 rings (SSSR count). The minimum Gasteiger partial charge on any atom is -0.468 e. The molecule has 0 bridgehead atoms.